The van der Waals surface area contributed by atoms with E-state index >= 15 is 0 Å². The zero-order valence-electron chi connectivity index (χ0n) is 17.7. The zero-order chi connectivity index (χ0) is 20.3. The number of ether oxygens (including phenoxy) is 1. The van der Waals surface area contributed by atoms with Crippen LogP contribution >= 0.6 is 0 Å². The van der Waals surface area contributed by atoms with Gasteiger partial charge in [-0.1, -0.05) is 31.6 Å². The fourth-order valence-corrected chi connectivity index (χ4v) is 7.40. The molecule has 0 aromatic rings. The molecular weight excluding hydrogens is 352 g/mol. The lowest BCUT2D eigenvalue weighted by atomic mass is 9.47. The van der Waals surface area contributed by atoms with Crippen LogP contribution in [0, 0.1) is 34.5 Å². The first-order chi connectivity index (χ1) is 13.2. The van der Waals surface area contributed by atoms with E-state index < -0.39 is 5.97 Å². The number of esters is 1. The van der Waals surface area contributed by atoms with Crippen LogP contribution in [0.2, 0.25) is 0 Å². The molecule has 4 aliphatic rings. The Kier molecular flexibility index (Phi) is 4.85. The molecule has 0 amide bonds. The van der Waals surface area contributed by atoms with E-state index in [-0.39, 0.29) is 41.2 Å². The molecule has 4 aliphatic carbocycles. The Balaban J connectivity index is 1.62. The molecule has 28 heavy (non-hydrogen) atoms. The van der Waals surface area contributed by atoms with E-state index in [0.717, 1.165) is 32.1 Å². The van der Waals surface area contributed by atoms with Gasteiger partial charge in [-0.2, -0.15) is 0 Å². The van der Waals surface area contributed by atoms with Crippen LogP contribution in [0.5, 0.6) is 0 Å². The van der Waals surface area contributed by atoms with Gasteiger partial charge in [0, 0.05) is 12.8 Å². The Labute approximate surface area is 168 Å². The molecule has 0 aliphatic heterocycles. The molecule has 2 saturated carbocycles. The fraction of sp³-hybridized carbons (Fsp3) is 0.750. The summed E-state index contributed by atoms with van der Waals surface area (Å²) in [7, 11) is 0. The van der Waals surface area contributed by atoms with Gasteiger partial charge in [0.05, 0.1) is 6.10 Å². The van der Waals surface area contributed by atoms with Crippen molar-refractivity contribution in [2.75, 3.05) is 6.61 Å². The number of aliphatic hydroxyl groups is 1. The third kappa shape index (κ3) is 2.91. The number of hydrogen-bond acceptors (Lipinski definition) is 4. The van der Waals surface area contributed by atoms with E-state index in [9.17, 15) is 14.7 Å². The van der Waals surface area contributed by atoms with Gasteiger partial charge in [0.2, 0.25) is 0 Å². The summed E-state index contributed by atoms with van der Waals surface area (Å²) < 4.78 is 5.00. The van der Waals surface area contributed by atoms with Crippen molar-refractivity contribution in [3.05, 3.63) is 23.3 Å². The first-order valence-electron chi connectivity index (χ1n) is 10.9. The summed E-state index contributed by atoms with van der Waals surface area (Å²) in [6.07, 6.45) is 10.2. The van der Waals surface area contributed by atoms with E-state index in [1.807, 2.05) is 0 Å². The minimum absolute atomic E-state index is 0.0281. The van der Waals surface area contributed by atoms with Crippen LogP contribution in [-0.2, 0) is 14.3 Å². The van der Waals surface area contributed by atoms with Crippen LogP contribution in [-0.4, -0.2) is 29.6 Å². The maximum absolute atomic E-state index is 12.8. The third-order valence-corrected chi connectivity index (χ3v) is 8.70. The van der Waals surface area contributed by atoms with Crippen molar-refractivity contribution < 1.29 is 19.4 Å². The predicted octanol–water partition coefficient (Wildman–Crippen LogP) is 4.22. The van der Waals surface area contributed by atoms with Crippen LogP contribution in [0.15, 0.2) is 23.3 Å². The number of allylic oxidation sites excluding steroid dienone is 4. The number of hydrogen-bond donors (Lipinski definition) is 1. The van der Waals surface area contributed by atoms with Gasteiger partial charge in [-0.3, -0.25) is 9.59 Å². The van der Waals surface area contributed by atoms with Gasteiger partial charge < -0.3 is 9.84 Å². The van der Waals surface area contributed by atoms with Crippen molar-refractivity contribution in [2.45, 2.75) is 72.3 Å². The van der Waals surface area contributed by atoms with E-state index in [0.29, 0.717) is 18.3 Å². The Morgan fingerprint density at radius 2 is 2.04 bits per heavy atom. The molecule has 0 aromatic heterocycles. The minimum Gasteiger partial charge on any atom is -0.458 e. The lowest BCUT2D eigenvalue weighted by Crippen LogP contribution is -2.56. The van der Waals surface area contributed by atoms with Crippen molar-refractivity contribution in [1.82, 2.24) is 0 Å². The minimum atomic E-state index is -0.407. The second-order valence-corrected chi connectivity index (χ2v) is 10.3. The van der Waals surface area contributed by atoms with Gasteiger partial charge in [0.1, 0.15) is 6.61 Å². The van der Waals surface area contributed by atoms with Crippen LogP contribution in [0.25, 0.3) is 0 Å². The van der Waals surface area contributed by atoms with E-state index in [1.54, 1.807) is 0 Å². The number of Topliss-reactive ketones (excluding diaryl/α,β-unsaturated/α-hetero) is 1. The highest BCUT2D eigenvalue weighted by molar-refractivity contribution is 5.85. The highest BCUT2D eigenvalue weighted by Crippen LogP contribution is 2.66. The van der Waals surface area contributed by atoms with E-state index in [2.05, 4.69) is 32.9 Å². The summed E-state index contributed by atoms with van der Waals surface area (Å²) in [4.78, 5) is 24.0. The monoisotopic (exact) mass is 386 g/mol. The van der Waals surface area contributed by atoms with Gasteiger partial charge in [-0.15, -0.1) is 0 Å². The summed E-state index contributed by atoms with van der Waals surface area (Å²) in [5.74, 6) is 0.668. The van der Waals surface area contributed by atoms with Crippen molar-refractivity contribution in [3.63, 3.8) is 0 Å². The topological polar surface area (TPSA) is 63.6 Å². The third-order valence-electron chi connectivity index (χ3n) is 8.70. The average Bonchev–Trinajstić information content (AvgIpc) is 2.96. The van der Waals surface area contributed by atoms with E-state index in [1.165, 1.54) is 18.1 Å². The van der Waals surface area contributed by atoms with Crippen molar-refractivity contribution in [3.8, 4) is 0 Å². The SMILES string of the molecule is CC(=O)OCC(=O)[C@H]1CC[C@H]2[C@@H]3CC=C4C=C(C)CC[C@]4(C)[C@H]3[C@@H](O)C[C@]12C. The molecule has 2 fully saturated rings. The number of rotatable bonds is 3. The number of fused-ring (bicyclic) bond motifs is 5. The van der Waals surface area contributed by atoms with Crippen LogP contribution in [0.1, 0.15) is 66.2 Å². The Bertz CT molecular complexity index is 750. The molecule has 0 saturated heterocycles. The molecule has 0 bridgehead atoms. The van der Waals surface area contributed by atoms with Crippen LogP contribution in [0.3, 0.4) is 0 Å². The molecule has 7 atom stereocenters. The maximum Gasteiger partial charge on any atom is 0.303 e. The first kappa shape index (κ1) is 19.9. The number of carbonyl (C=O) groups excluding carboxylic acids is 2. The Hall–Kier alpha value is -1.42. The number of aliphatic hydroxyl groups excluding tert-OH is 1. The van der Waals surface area contributed by atoms with Crippen LogP contribution in [0.4, 0.5) is 0 Å². The summed E-state index contributed by atoms with van der Waals surface area (Å²) >= 11 is 0. The number of carbonyl (C=O) groups is 2. The van der Waals surface area contributed by atoms with Gasteiger partial charge >= 0.3 is 5.97 Å². The molecule has 0 aromatic carbocycles. The summed E-state index contributed by atoms with van der Waals surface area (Å²) in [5, 5.41) is 11.4. The second-order valence-electron chi connectivity index (χ2n) is 10.3. The van der Waals surface area contributed by atoms with Gasteiger partial charge in [0.15, 0.2) is 5.78 Å². The molecule has 4 heteroatoms. The van der Waals surface area contributed by atoms with Crippen molar-refractivity contribution >= 4 is 11.8 Å². The highest BCUT2D eigenvalue weighted by atomic mass is 16.5. The Morgan fingerprint density at radius 1 is 1.29 bits per heavy atom. The lowest BCUT2D eigenvalue weighted by Gasteiger charge is -2.58. The summed E-state index contributed by atoms with van der Waals surface area (Å²) in [6.45, 7) is 7.97. The standard InChI is InChI=1S/C24H34O4/c1-14-9-10-23(3)16(11-14)5-6-17-18-7-8-19(21(27)13-28-15(2)25)24(18,4)12-20(26)22(17)23/h5,11,17-20,22,26H,6-10,12-13H2,1-4H3/t17-,18-,19+,20-,22+,23-,24-/m0/s1. The molecule has 0 unspecified atom stereocenters. The largest absolute Gasteiger partial charge is 0.458 e. The Morgan fingerprint density at radius 3 is 2.75 bits per heavy atom. The zero-order valence-corrected chi connectivity index (χ0v) is 17.7. The maximum atomic E-state index is 12.8. The average molecular weight is 387 g/mol. The molecule has 0 radical (unpaired) electrons. The second kappa shape index (κ2) is 6.83. The summed E-state index contributed by atoms with van der Waals surface area (Å²) in [6, 6.07) is 0. The van der Waals surface area contributed by atoms with Gasteiger partial charge in [0.25, 0.3) is 0 Å². The predicted molar refractivity (Wildman–Crippen MR) is 107 cm³/mol. The molecule has 0 heterocycles. The quantitative estimate of drug-likeness (QED) is 0.738. The van der Waals surface area contributed by atoms with Gasteiger partial charge in [-0.05, 0) is 79.6 Å². The molecule has 0 spiro atoms. The molecular formula is C24H34O4. The highest BCUT2D eigenvalue weighted by Gasteiger charge is 2.62. The molecule has 1 N–H and O–H groups in total. The van der Waals surface area contributed by atoms with Crippen molar-refractivity contribution in [1.29, 1.82) is 0 Å². The van der Waals surface area contributed by atoms with E-state index in [4.69, 9.17) is 4.74 Å². The first-order valence-corrected chi connectivity index (χ1v) is 10.9. The molecule has 154 valence electrons. The molecule has 4 nitrogen and oxygen atoms in total. The summed E-state index contributed by atoms with van der Waals surface area (Å²) in [5.41, 5.74) is 2.71. The lowest BCUT2D eigenvalue weighted by molar-refractivity contribution is -0.152. The van der Waals surface area contributed by atoms with Gasteiger partial charge in [-0.25, -0.2) is 0 Å². The van der Waals surface area contributed by atoms with Crippen LogP contribution < -0.4 is 0 Å². The fourth-order valence-electron chi connectivity index (χ4n) is 7.40. The van der Waals surface area contributed by atoms with Crippen molar-refractivity contribution in [2.24, 2.45) is 34.5 Å². The smallest absolute Gasteiger partial charge is 0.303 e. The molecule has 4 rings (SSSR count). The number of ketones is 1. The normalized spacial score (nSPS) is 44.5.